The van der Waals surface area contributed by atoms with Crippen molar-refractivity contribution in [1.29, 1.82) is 0 Å². The molecule has 3 heterocycles. The van der Waals surface area contributed by atoms with Gasteiger partial charge in [0.05, 0.1) is 24.7 Å². The normalized spacial score (nSPS) is 12.1. The molecule has 0 unspecified atom stereocenters. The van der Waals surface area contributed by atoms with E-state index in [0.717, 1.165) is 22.2 Å². The highest BCUT2D eigenvalue weighted by Crippen LogP contribution is 2.33. The second kappa shape index (κ2) is 9.96. The van der Waals surface area contributed by atoms with Gasteiger partial charge in [-0.3, -0.25) is 4.79 Å². The van der Waals surface area contributed by atoms with Crippen molar-refractivity contribution in [3.63, 3.8) is 0 Å². The number of aryl methyl sites for hydroxylation is 2. The van der Waals surface area contributed by atoms with E-state index in [2.05, 4.69) is 26.7 Å². The number of nitrogens with one attached hydrogen (secondary N) is 3. The SMILES string of the molecule is COC(=O)c1c(NC(C)=O)c2cc(N[C@@H](C)CCO)cnc2n1CCc1c[nH]c2ccccc12. The first-order valence-corrected chi connectivity index (χ1v) is 11.2. The Morgan fingerprint density at radius 3 is 2.79 bits per heavy atom. The first-order valence-electron chi connectivity index (χ1n) is 11.2. The number of pyridine rings is 1. The zero-order valence-corrected chi connectivity index (χ0v) is 19.5. The monoisotopic (exact) mass is 463 g/mol. The number of hydrogen-bond donors (Lipinski definition) is 4. The van der Waals surface area contributed by atoms with Gasteiger partial charge in [0.25, 0.3) is 0 Å². The molecule has 0 saturated heterocycles. The van der Waals surface area contributed by atoms with Crippen molar-refractivity contribution >= 4 is 45.2 Å². The molecular weight excluding hydrogens is 434 g/mol. The van der Waals surface area contributed by atoms with Crippen LogP contribution in [-0.2, 0) is 22.5 Å². The number of anilines is 2. The van der Waals surface area contributed by atoms with Crippen LogP contribution in [0.25, 0.3) is 21.9 Å². The number of esters is 1. The zero-order chi connectivity index (χ0) is 24.2. The highest BCUT2D eigenvalue weighted by Gasteiger charge is 2.26. The average molecular weight is 464 g/mol. The van der Waals surface area contributed by atoms with Crippen LogP contribution in [-0.4, -0.2) is 51.3 Å². The Bertz CT molecular complexity index is 1340. The Hall–Kier alpha value is -3.85. The Morgan fingerprint density at radius 2 is 2.06 bits per heavy atom. The number of carbonyl (C=O) groups is 2. The summed E-state index contributed by atoms with van der Waals surface area (Å²) in [4.78, 5) is 32.8. The van der Waals surface area contributed by atoms with E-state index in [0.29, 0.717) is 36.1 Å². The molecule has 0 saturated carbocycles. The summed E-state index contributed by atoms with van der Waals surface area (Å²) in [6, 6.07) is 9.93. The van der Waals surface area contributed by atoms with Crippen LogP contribution >= 0.6 is 0 Å². The lowest BCUT2D eigenvalue weighted by Crippen LogP contribution is -2.16. The topological polar surface area (TPSA) is 121 Å². The third-order valence-electron chi connectivity index (χ3n) is 5.83. The van der Waals surface area contributed by atoms with E-state index < -0.39 is 5.97 Å². The molecule has 9 nitrogen and oxygen atoms in total. The van der Waals surface area contributed by atoms with Gasteiger partial charge in [-0.1, -0.05) is 18.2 Å². The highest BCUT2D eigenvalue weighted by atomic mass is 16.5. The molecule has 0 spiro atoms. The smallest absolute Gasteiger partial charge is 0.356 e. The van der Waals surface area contributed by atoms with Crippen LogP contribution in [0.4, 0.5) is 11.4 Å². The number of ether oxygens (including phenoxy) is 1. The second-order valence-corrected chi connectivity index (χ2v) is 8.31. The Kier molecular flexibility index (Phi) is 6.83. The molecule has 3 aromatic heterocycles. The largest absolute Gasteiger partial charge is 0.464 e. The van der Waals surface area contributed by atoms with Gasteiger partial charge < -0.3 is 30.0 Å². The van der Waals surface area contributed by atoms with Gasteiger partial charge in [-0.05, 0) is 37.5 Å². The van der Waals surface area contributed by atoms with Gasteiger partial charge in [-0.2, -0.15) is 0 Å². The van der Waals surface area contributed by atoms with E-state index >= 15 is 0 Å². The molecule has 34 heavy (non-hydrogen) atoms. The van der Waals surface area contributed by atoms with Gasteiger partial charge in [0.15, 0.2) is 5.69 Å². The van der Waals surface area contributed by atoms with Crippen LogP contribution in [0.1, 0.15) is 36.3 Å². The van der Waals surface area contributed by atoms with Gasteiger partial charge >= 0.3 is 5.97 Å². The van der Waals surface area contributed by atoms with Crippen molar-refractivity contribution in [1.82, 2.24) is 14.5 Å². The van der Waals surface area contributed by atoms with E-state index in [9.17, 15) is 14.7 Å². The van der Waals surface area contributed by atoms with E-state index in [1.54, 1.807) is 10.8 Å². The van der Waals surface area contributed by atoms with Crippen LogP contribution in [0.3, 0.4) is 0 Å². The molecule has 0 aliphatic carbocycles. The number of hydrogen-bond acceptors (Lipinski definition) is 6. The number of H-pyrrole nitrogens is 1. The number of fused-ring (bicyclic) bond motifs is 2. The molecule has 0 aliphatic rings. The van der Waals surface area contributed by atoms with Crippen LogP contribution < -0.4 is 10.6 Å². The lowest BCUT2D eigenvalue weighted by Gasteiger charge is -2.14. The fourth-order valence-electron chi connectivity index (χ4n) is 4.25. The van der Waals surface area contributed by atoms with E-state index in [-0.39, 0.29) is 24.2 Å². The summed E-state index contributed by atoms with van der Waals surface area (Å²) >= 11 is 0. The fourth-order valence-corrected chi connectivity index (χ4v) is 4.25. The van der Waals surface area contributed by atoms with Gasteiger partial charge in [-0.25, -0.2) is 9.78 Å². The molecule has 0 bridgehead atoms. The minimum Gasteiger partial charge on any atom is -0.464 e. The lowest BCUT2D eigenvalue weighted by atomic mass is 10.1. The maximum atomic E-state index is 12.9. The molecule has 0 radical (unpaired) electrons. The van der Waals surface area contributed by atoms with Crippen LogP contribution in [0.2, 0.25) is 0 Å². The molecule has 1 atom stereocenters. The molecule has 178 valence electrons. The fraction of sp³-hybridized carbons (Fsp3) is 0.320. The third-order valence-corrected chi connectivity index (χ3v) is 5.83. The molecule has 0 fully saturated rings. The van der Waals surface area contributed by atoms with Crippen molar-refractivity contribution < 1.29 is 19.4 Å². The number of nitrogens with zero attached hydrogens (tertiary/aromatic N) is 2. The number of methoxy groups -OCH3 is 1. The van der Waals surface area contributed by atoms with Crippen molar-refractivity contribution in [3.8, 4) is 0 Å². The number of carbonyl (C=O) groups excluding carboxylic acids is 2. The van der Waals surface area contributed by atoms with E-state index in [4.69, 9.17) is 4.74 Å². The molecule has 4 N–H and O–H groups in total. The number of amides is 1. The second-order valence-electron chi connectivity index (χ2n) is 8.31. The summed E-state index contributed by atoms with van der Waals surface area (Å²) in [6.07, 6.45) is 4.89. The van der Waals surface area contributed by atoms with Crippen molar-refractivity contribution in [2.24, 2.45) is 0 Å². The third kappa shape index (κ3) is 4.60. The molecule has 0 aliphatic heterocycles. The predicted octanol–water partition coefficient (Wildman–Crippen LogP) is 3.69. The summed E-state index contributed by atoms with van der Waals surface area (Å²) in [5.74, 6) is -0.850. The van der Waals surface area contributed by atoms with Crippen LogP contribution in [0.15, 0.2) is 42.7 Å². The summed E-state index contributed by atoms with van der Waals surface area (Å²) in [7, 11) is 1.32. The summed E-state index contributed by atoms with van der Waals surface area (Å²) in [5.41, 5.74) is 4.09. The number of rotatable bonds is 9. The first kappa shape index (κ1) is 23.3. The predicted molar refractivity (Wildman–Crippen MR) is 132 cm³/mol. The van der Waals surface area contributed by atoms with Gasteiger partial charge in [-0.15, -0.1) is 0 Å². The summed E-state index contributed by atoms with van der Waals surface area (Å²) in [6.45, 7) is 3.89. The van der Waals surface area contributed by atoms with Crippen LogP contribution in [0, 0.1) is 0 Å². The number of benzene rings is 1. The molecule has 4 aromatic rings. The Morgan fingerprint density at radius 1 is 1.26 bits per heavy atom. The molecule has 9 heteroatoms. The maximum Gasteiger partial charge on any atom is 0.356 e. The molecule has 4 rings (SSSR count). The van der Waals surface area contributed by atoms with Crippen molar-refractivity contribution in [2.75, 3.05) is 24.4 Å². The van der Waals surface area contributed by atoms with Crippen LogP contribution in [0.5, 0.6) is 0 Å². The Balaban J connectivity index is 1.79. The minimum absolute atomic E-state index is 0.0255. The number of aliphatic hydroxyl groups excluding tert-OH is 1. The Labute approximate surface area is 197 Å². The molecule has 1 aromatic carbocycles. The van der Waals surface area contributed by atoms with E-state index in [1.165, 1.54) is 14.0 Å². The minimum atomic E-state index is -0.552. The number of aromatic nitrogens is 3. The average Bonchev–Trinajstić information content (AvgIpc) is 3.36. The number of aromatic amines is 1. The number of para-hydroxylation sites is 1. The van der Waals surface area contributed by atoms with Crippen molar-refractivity contribution in [3.05, 3.63) is 54.0 Å². The van der Waals surface area contributed by atoms with Gasteiger partial charge in [0, 0.05) is 48.6 Å². The summed E-state index contributed by atoms with van der Waals surface area (Å²) < 4.78 is 6.88. The van der Waals surface area contributed by atoms with Crippen molar-refractivity contribution in [2.45, 2.75) is 39.3 Å². The zero-order valence-electron chi connectivity index (χ0n) is 19.5. The highest BCUT2D eigenvalue weighted by molar-refractivity contribution is 6.11. The maximum absolute atomic E-state index is 12.9. The van der Waals surface area contributed by atoms with Gasteiger partial charge in [0.1, 0.15) is 5.65 Å². The van der Waals surface area contributed by atoms with E-state index in [1.807, 2.05) is 37.4 Å². The van der Waals surface area contributed by atoms with Gasteiger partial charge in [0.2, 0.25) is 5.91 Å². The number of aliphatic hydroxyl groups is 1. The quantitative estimate of drug-likeness (QED) is 0.281. The lowest BCUT2D eigenvalue weighted by molar-refractivity contribution is -0.114. The molecular formula is C25H29N5O4. The molecule has 1 amide bonds. The standard InChI is InChI=1S/C25H29N5O4/c1-15(9-11-31)28-18-12-20-22(29-16(2)32)23(25(33)34-3)30(24(20)27-14-18)10-8-17-13-26-21-7-5-4-6-19(17)21/h4-7,12-15,26,28,31H,8-11H2,1-3H3,(H,29,32)/t15-/m0/s1. The summed E-state index contributed by atoms with van der Waals surface area (Å²) in [5, 5.41) is 17.1. The first-order chi connectivity index (χ1) is 16.4.